The Morgan fingerprint density at radius 1 is 0.847 bits per heavy atom. The number of imide groups is 1. The molecule has 4 heterocycles. The Bertz CT molecular complexity index is 2490. The van der Waals surface area contributed by atoms with Gasteiger partial charge in [0.25, 0.3) is 5.91 Å². The number of aliphatic hydroxyl groups is 1. The Morgan fingerprint density at radius 2 is 1.53 bits per heavy atom. The smallest absolute Gasteiger partial charge is 0.257 e. The van der Waals surface area contributed by atoms with E-state index in [0.29, 0.717) is 48.6 Å². The Labute approximate surface area is 421 Å². The lowest BCUT2D eigenvalue weighted by Crippen LogP contribution is -2.53. The van der Waals surface area contributed by atoms with Gasteiger partial charge in [-0.3, -0.25) is 40.2 Å². The van der Waals surface area contributed by atoms with Crippen molar-refractivity contribution in [1.82, 2.24) is 20.4 Å². The number of carbonyl (C=O) groups is 4. The summed E-state index contributed by atoms with van der Waals surface area (Å²) in [6.45, 7) is 5.42. The lowest BCUT2D eigenvalue weighted by atomic mass is 10.0. The third-order valence-corrected chi connectivity index (χ3v) is 13.8. The van der Waals surface area contributed by atoms with Crippen LogP contribution in [0, 0.1) is 16.3 Å². The lowest BCUT2D eigenvalue weighted by Gasteiger charge is -2.37. The largest absolute Gasteiger partial charge is 0.507 e. The van der Waals surface area contributed by atoms with Gasteiger partial charge < -0.3 is 46.0 Å². The van der Waals surface area contributed by atoms with Crippen LogP contribution in [0.4, 0.5) is 17.1 Å². The number of carbonyl (C=O) groups excluding carboxylic acids is 4. The molecule has 3 atom stereocenters. The van der Waals surface area contributed by atoms with Crippen LogP contribution in [-0.4, -0.2) is 120 Å². The highest BCUT2D eigenvalue weighted by Crippen LogP contribution is 2.39. The highest BCUT2D eigenvalue weighted by atomic mass is 16.5. The number of phenols is 1. The van der Waals surface area contributed by atoms with Gasteiger partial charge in [-0.25, -0.2) is 5.53 Å². The number of fused-ring (bicyclic) bond motifs is 1. The minimum absolute atomic E-state index is 0.0167. The normalized spacial score (nSPS) is 19.5. The molecule has 3 aromatic carbocycles. The molecule has 0 saturated carbocycles. The van der Waals surface area contributed by atoms with Crippen LogP contribution in [0.2, 0.25) is 0 Å². The number of hydrogen-bond acceptors (Lipinski definition) is 15. The van der Waals surface area contributed by atoms with Gasteiger partial charge in [-0.05, 0) is 80.6 Å². The van der Waals surface area contributed by atoms with Gasteiger partial charge in [0.15, 0.2) is 17.8 Å². The molecule has 7 rings (SSSR count). The zero-order chi connectivity index (χ0) is 51.0. The van der Waals surface area contributed by atoms with Gasteiger partial charge >= 0.3 is 0 Å². The second-order valence-corrected chi connectivity index (χ2v) is 18.9. The van der Waals surface area contributed by atoms with E-state index < -0.39 is 30.0 Å². The summed E-state index contributed by atoms with van der Waals surface area (Å²) in [6, 6.07) is 19.2. The number of amides is 4. The number of aliphatic hydroxyl groups excluding tert-OH is 1. The van der Waals surface area contributed by atoms with Crippen molar-refractivity contribution >= 4 is 52.2 Å². The van der Waals surface area contributed by atoms with Crippen molar-refractivity contribution in [2.24, 2.45) is 10.8 Å². The van der Waals surface area contributed by atoms with E-state index in [1.54, 1.807) is 42.6 Å². The minimum atomic E-state index is -1.36. The number of anilines is 3. The molecule has 3 aromatic rings. The van der Waals surface area contributed by atoms with E-state index in [4.69, 9.17) is 26.8 Å². The minimum Gasteiger partial charge on any atom is -0.507 e. The summed E-state index contributed by atoms with van der Waals surface area (Å²) in [7, 11) is 0. The maximum absolute atomic E-state index is 13.2. The molecular formula is C53H70N12O7. The van der Waals surface area contributed by atoms with Crippen molar-refractivity contribution in [3.8, 4) is 5.75 Å². The summed E-state index contributed by atoms with van der Waals surface area (Å²) in [5.41, 5.74) is 17.6. The van der Waals surface area contributed by atoms with Gasteiger partial charge in [0, 0.05) is 98.1 Å². The number of ether oxygens (including phenoxy) is 1. The van der Waals surface area contributed by atoms with Crippen LogP contribution in [0.5, 0.6) is 5.75 Å². The summed E-state index contributed by atoms with van der Waals surface area (Å²) in [5.74, 6) is -1.41. The van der Waals surface area contributed by atoms with Crippen molar-refractivity contribution in [1.29, 1.82) is 16.3 Å². The Hall–Kier alpha value is -7.28. The number of unbranched alkanes of at least 4 members (excludes halogenated alkanes) is 8. The van der Waals surface area contributed by atoms with E-state index in [1.165, 1.54) is 25.0 Å². The number of phenolic OH excluding ortho intramolecular Hbond substituents is 1. The fraction of sp³-hybridized carbons (Fsp3) is 0.472. The van der Waals surface area contributed by atoms with Crippen LogP contribution < -0.4 is 31.5 Å². The number of benzene rings is 3. The summed E-state index contributed by atoms with van der Waals surface area (Å²) in [5, 5.41) is 50.1. The van der Waals surface area contributed by atoms with Crippen LogP contribution in [0.3, 0.4) is 0 Å². The summed E-state index contributed by atoms with van der Waals surface area (Å²) >= 11 is 0. The monoisotopic (exact) mass is 987 g/mol. The molecule has 3 fully saturated rings. The van der Waals surface area contributed by atoms with E-state index in [1.807, 2.05) is 4.90 Å². The maximum atomic E-state index is 13.2. The summed E-state index contributed by atoms with van der Waals surface area (Å²) in [4.78, 5) is 58.1. The number of aromatic hydroxyl groups is 1. The molecule has 19 heteroatoms. The topological polar surface area (TPSA) is 277 Å². The van der Waals surface area contributed by atoms with Crippen LogP contribution in [-0.2, 0) is 19.1 Å². The average Bonchev–Trinajstić information content (AvgIpc) is 3.64. The zero-order valence-corrected chi connectivity index (χ0v) is 41.0. The molecular weight excluding hydrogens is 917 g/mol. The quantitative estimate of drug-likeness (QED) is 0.0108. The van der Waals surface area contributed by atoms with Crippen LogP contribution in [0.1, 0.15) is 118 Å². The van der Waals surface area contributed by atoms with Crippen LogP contribution >= 0.6 is 0 Å². The molecule has 19 nitrogen and oxygen atoms in total. The molecule has 0 spiro atoms. The van der Waals surface area contributed by atoms with Gasteiger partial charge in [0.05, 0.1) is 24.5 Å². The van der Waals surface area contributed by atoms with E-state index in [-0.39, 0.29) is 60.0 Å². The van der Waals surface area contributed by atoms with Gasteiger partial charge in [0.2, 0.25) is 17.7 Å². The predicted molar refractivity (Wildman–Crippen MR) is 276 cm³/mol. The van der Waals surface area contributed by atoms with Crippen LogP contribution in [0.25, 0.3) is 0 Å². The number of nitrogens with zero attached hydrogens (tertiary/aromatic N) is 5. The van der Waals surface area contributed by atoms with Crippen molar-refractivity contribution in [3.05, 3.63) is 107 Å². The number of allylic oxidation sites excluding steroid dienone is 1. The van der Waals surface area contributed by atoms with Crippen LogP contribution in [0.15, 0.2) is 95.6 Å². The SMILES string of the molecule is N=N/C(=C\NCCCCCCCCCCCC(=O)N1CCN(c2ccc(N3CCCC(O/C(=C/C(=N)c4ccccc4O)C(=N)N)C3)cc2)CC1)CNc1cccc2c1C(O)N(C1CCC(=O)NC1=O)C2=O. The number of nitrogens with one attached hydrogen (secondary N) is 6. The van der Waals surface area contributed by atoms with Crippen molar-refractivity contribution < 1.29 is 34.1 Å². The first kappa shape index (κ1) is 52.5. The summed E-state index contributed by atoms with van der Waals surface area (Å²) < 4.78 is 6.17. The second-order valence-electron chi connectivity index (χ2n) is 18.9. The average molecular weight is 987 g/mol. The number of hydrogen-bond donors (Lipinski definition) is 9. The molecule has 0 aromatic heterocycles. The molecule has 384 valence electrons. The highest BCUT2D eigenvalue weighted by molar-refractivity contribution is 6.12. The Balaban J connectivity index is 0.711. The van der Waals surface area contributed by atoms with Crippen molar-refractivity contribution in [2.45, 2.75) is 108 Å². The molecule has 3 saturated heterocycles. The zero-order valence-electron chi connectivity index (χ0n) is 41.0. The van der Waals surface area contributed by atoms with E-state index in [0.717, 1.165) is 100 Å². The molecule has 0 bridgehead atoms. The number of piperidine rings is 2. The lowest BCUT2D eigenvalue weighted by molar-refractivity contribution is -0.139. The second kappa shape index (κ2) is 25.7. The number of nitrogens with two attached hydrogens (primary N) is 1. The molecule has 4 amide bonds. The van der Waals surface area contributed by atoms with E-state index in [9.17, 15) is 29.4 Å². The molecule has 4 aliphatic heterocycles. The molecule has 10 N–H and O–H groups in total. The predicted octanol–water partition coefficient (Wildman–Crippen LogP) is 6.64. The Morgan fingerprint density at radius 3 is 2.21 bits per heavy atom. The van der Waals surface area contributed by atoms with Crippen molar-refractivity contribution in [2.75, 3.05) is 67.5 Å². The number of amidine groups is 1. The van der Waals surface area contributed by atoms with Gasteiger partial charge in [-0.1, -0.05) is 63.1 Å². The Kier molecular flexibility index (Phi) is 18.8. The number of para-hydroxylation sites is 1. The molecule has 72 heavy (non-hydrogen) atoms. The van der Waals surface area contributed by atoms with Crippen molar-refractivity contribution in [3.63, 3.8) is 0 Å². The van der Waals surface area contributed by atoms with Gasteiger partial charge in [0.1, 0.15) is 17.9 Å². The maximum Gasteiger partial charge on any atom is 0.257 e. The fourth-order valence-electron chi connectivity index (χ4n) is 9.85. The fourth-order valence-corrected chi connectivity index (χ4v) is 9.85. The third-order valence-electron chi connectivity index (χ3n) is 13.8. The number of rotatable bonds is 25. The molecule has 4 aliphatic rings. The first-order valence-electron chi connectivity index (χ1n) is 25.4. The first-order valence-corrected chi connectivity index (χ1v) is 25.4. The molecule has 0 aliphatic carbocycles. The summed E-state index contributed by atoms with van der Waals surface area (Å²) in [6.07, 6.45) is 13.9. The standard InChI is InChI=1S/C53H70N12O7/c54-42(40-15-9-10-18-45(40)66)32-46(50(55)56)72-39-14-13-27-64(35-39)38-22-20-37(21-23-38)62-28-30-63(31-29-62)48(68)19-8-6-4-2-1-3-5-7-11-26-58-33-36(61-57)34-59-43-17-12-16-41-49(43)53(71)65(52(41)70)44-24-25-47(67)60-51(44)69/h9-10,12,15-18,20-23,32-33,39,44,53-54,57-59,66,71H,1-8,11,13-14,19,24-31,34-35H2,(H3,55,56)(H,60,67,69)/b36-33-,46-32+,54-42?,61-57?. The molecule has 3 unspecified atom stereocenters. The number of piperazine rings is 1. The molecule has 0 radical (unpaired) electrons. The van der Waals surface area contributed by atoms with E-state index >= 15 is 0 Å². The van der Waals surface area contributed by atoms with Gasteiger partial charge in [-0.2, -0.15) is 5.11 Å². The third kappa shape index (κ3) is 13.8. The van der Waals surface area contributed by atoms with E-state index in [2.05, 4.69) is 55.1 Å². The highest BCUT2D eigenvalue weighted by Gasteiger charge is 2.45. The first-order chi connectivity index (χ1) is 34.9. The van der Waals surface area contributed by atoms with Gasteiger partial charge in [-0.15, -0.1) is 0 Å².